The van der Waals surface area contributed by atoms with Crippen molar-refractivity contribution in [2.24, 2.45) is 7.05 Å². The molecule has 9 nitrogen and oxygen atoms in total. The van der Waals surface area contributed by atoms with Crippen LogP contribution in [0.4, 0.5) is 5.69 Å². The van der Waals surface area contributed by atoms with E-state index in [0.717, 1.165) is 4.90 Å². The molecule has 1 aromatic carbocycles. The molecule has 10 heteroatoms. The topological polar surface area (TPSA) is 122 Å². The van der Waals surface area contributed by atoms with Gasteiger partial charge in [-0.2, -0.15) is 9.82 Å². The van der Waals surface area contributed by atoms with Crippen molar-refractivity contribution in [3.05, 3.63) is 41.7 Å². The van der Waals surface area contributed by atoms with Gasteiger partial charge in [0.1, 0.15) is 11.4 Å². The van der Waals surface area contributed by atoms with E-state index in [1.54, 1.807) is 51.2 Å². The number of carboxylic acid groups (broad SMARTS) is 1. The van der Waals surface area contributed by atoms with E-state index in [-0.39, 0.29) is 4.90 Å². The second-order valence-corrected chi connectivity index (χ2v) is 7.77. The molecule has 2 N–H and O–H groups in total. The number of amides is 1. The first-order chi connectivity index (χ1) is 12.5. The number of aliphatic carboxylic acids is 1. The Hall–Kier alpha value is -2.72. The minimum atomic E-state index is -4.02. The van der Waals surface area contributed by atoms with Crippen LogP contribution in [0, 0.1) is 13.8 Å². The van der Waals surface area contributed by atoms with Crippen LogP contribution in [0.25, 0.3) is 0 Å². The van der Waals surface area contributed by atoms with Gasteiger partial charge in [0.05, 0.1) is 17.4 Å². The Balaban J connectivity index is 2.30. The number of aromatic nitrogens is 2. The number of anilines is 1. The van der Waals surface area contributed by atoms with Crippen LogP contribution in [0.5, 0.6) is 0 Å². The van der Waals surface area contributed by atoms with Crippen LogP contribution in [0.1, 0.15) is 18.3 Å². The second-order valence-electron chi connectivity index (χ2n) is 6.12. The van der Waals surface area contributed by atoms with Crippen molar-refractivity contribution in [1.82, 2.24) is 14.5 Å². The zero-order chi connectivity index (χ0) is 20.4. The van der Waals surface area contributed by atoms with E-state index < -0.39 is 34.5 Å². The van der Waals surface area contributed by atoms with Crippen LogP contribution in [-0.4, -0.2) is 47.8 Å². The number of aryl methyl sites for hydroxylation is 2. The summed E-state index contributed by atoms with van der Waals surface area (Å²) in [6, 6.07) is 7.04. The monoisotopic (exact) mass is 394 g/mol. The van der Waals surface area contributed by atoms with Crippen LogP contribution >= 0.6 is 0 Å². The number of carbonyl (C=O) groups excluding carboxylic acids is 1. The molecule has 1 amide bonds. The van der Waals surface area contributed by atoms with Gasteiger partial charge >= 0.3 is 5.97 Å². The highest BCUT2D eigenvalue weighted by Crippen LogP contribution is 2.20. The fourth-order valence-corrected chi connectivity index (χ4v) is 4.39. The molecule has 27 heavy (non-hydrogen) atoms. The molecule has 2 rings (SSSR count). The molecule has 1 atom stereocenters. The zero-order valence-electron chi connectivity index (χ0n) is 15.5. The maximum Gasteiger partial charge on any atom is 0.323 e. The van der Waals surface area contributed by atoms with Gasteiger partial charge in [-0.1, -0.05) is 18.2 Å². The van der Waals surface area contributed by atoms with Crippen LogP contribution in [-0.2, 0) is 26.7 Å². The number of hydrogen-bond donors (Lipinski definition) is 2. The zero-order valence-corrected chi connectivity index (χ0v) is 16.3. The van der Waals surface area contributed by atoms with E-state index in [1.165, 1.54) is 11.6 Å². The normalized spacial score (nSPS) is 12.6. The molecule has 0 aliphatic carbocycles. The third kappa shape index (κ3) is 4.52. The minimum absolute atomic E-state index is 0.00847. The molecule has 0 saturated heterocycles. The molecule has 0 aliphatic rings. The van der Waals surface area contributed by atoms with Gasteiger partial charge in [-0.3, -0.25) is 19.2 Å². The van der Waals surface area contributed by atoms with Gasteiger partial charge in [-0.25, -0.2) is 8.42 Å². The fraction of sp³-hybridized carbons (Fsp3) is 0.353. The number of carbonyl (C=O) groups is 2. The number of nitrogens with one attached hydrogen (secondary N) is 1. The predicted octanol–water partition coefficient (Wildman–Crippen LogP) is 0.822. The Morgan fingerprint density at radius 2 is 1.85 bits per heavy atom. The lowest BCUT2D eigenvalue weighted by molar-refractivity contribution is -0.136. The number of rotatable bonds is 7. The molecule has 0 saturated carbocycles. The van der Waals surface area contributed by atoms with E-state index in [4.69, 9.17) is 5.11 Å². The van der Waals surface area contributed by atoms with E-state index in [1.807, 2.05) is 0 Å². The molecule has 0 bridgehead atoms. The van der Waals surface area contributed by atoms with Crippen LogP contribution in [0.3, 0.4) is 0 Å². The van der Waals surface area contributed by atoms with E-state index in [2.05, 4.69) is 9.82 Å². The van der Waals surface area contributed by atoms with Gasteiger partial charge in [0.25, 0.3) is 0 Å². The average molecular weight is 394 g/mol. The third-order valence-corrected chi connectivity index (χ3v) is 5.83. The molecular weight excluding hydrogens is 372 g/mol. The summed E-state index contributed by atoms with van der Waals surface area (Å²) >= 11 is 0. The number of para-hydroxylation sites is 1. The lowest BCUT2D eigenvalue weighted by Gasteiger charge is -2.24. The Morgan fingerprint density at radius 3 is 2.33 bits per heavy atom. The Labute approximate surface area is 157 Å². The van der Waals surface area contributed by atoms with Crippen molar-refractivity contribution in [3.63, 3.8) is 0 Å². The molecule has 0 fully saturated rings. The average Bonchev–Trinajstić information content (AvgIpc) is 2.85. The quantitative estimate of drug-likeness (QED) is 0.717. The van der Waals surface area contributed by atoms with Crippen molar-refractivity contribution in [1.29, 1.82) is 0 Å². The summed E-state index contributed by atoms with van der Waals surface area (Å²) in [5.41, 5.74) is 1.11. The van der Waals surface area contributed by atoms with Crippen LogP contribution in [0.15, 0.2) is 35.2 Å². The predicted molar refractivity (Wildman–Crippen MR) is 98.9 cm³/mol. The molecule has 0 aliphatic heterocycles. The molecule has 2 aromatic rings. The SMILES string of the molecule is Cc1nn(C)c(C)c1S(=O)(=O)NC(C)C(=O)N(CC(=O)O)c1ccccc1. The van der Waals surface area contributed by atoms with E-state index in [0.29, 0.717) is 17.1 Å². The summed E-state index contributed by atoms with van der Waals surface area (Å²) in [5, 5.41) is 13.2. The molecule has 0 radical (unpaired) electrons. The van der Waals surface area contributed by atoms with E-state index >= 15 is 0 Å². The Bertz CT molecular complexity index is 953. The number of carboxylic acids is 1. The molecular formula is C17H22N4O5S. The molecule has 1 aromatic heterocycles. The number of sulfonamides is 1. The first kappa shape index (κ1) is 20.6. The van der Waals surface area contributed by atoms with Gasteiger partial charge in [-0.05, 0) is 32.9 Å². The van der Waals surface area contributed by atoms with Gasteiger partial charge in [0.2, 0.25) is 15.9 Å². The first-order valence-corrected chi connectivity index (χ1v) is 9.63. The highest BCUT2D eigenvalue weighted by molar-refractivity contribution is 7.89. The van der Waals surface area contributed by atoms with Crippen molar-refractivity contribution in [3.8, 4) is 0 Å². The highest BCUT2D eigenvalue weighted by atomic mass is 32.2. The maximum absolute atomic E-state index is 12.8. The Kier molecular flexibility index (Phi) is 6.01. The van der Waals surface area contributed by atoms with Crippen molar-refractivity contribution in [2.45, 2.75) is 31.7 Å². The van der Waals surface area contributed by atoms with Gasteiger partial charge in [-0.15, -0.1) is 0 Å². The molecule has 0 spiro atoms. The summed E-state index contributed by atoms with van der Waals surface area (Å²) in [6.07, 6.45) is 0. The second kappa shape index (κ2) is 7.89. The summed E-state index contributed by atoms with van der Waals surface area (Å²) < 4.78 is 29.2. The van der Waals surface area contributed by atoms with Crippen molar-refractivity contribution in [2.75, 3.05) is 11.4 Å². The van der Waals surface area contributed by atoms with Crippen molar-refractivity contribution >= 4 is 27.6 Å². The lowest BCUT2D eigenvalue weighted by Crippen LogP contribution is -2.48. The molecule has 146 valence electrons. The molecule has 1 unspecified atom stereocenters. The number of benzene rings is 1. The largest absolute Gasteiger partial charge is 0.480 e. The third-order valence-electron chi connectivity index (χ3n) is 4.04. The number of hydrogen-bond acceptors (Lipinski definition) is 5. The smallest absolute Gasteiger partial charge is 0.323 e. The lowest BCUT2D eigenvalue weighted by atomic mass is 10.2. The van der Waals surface area contributed by atoms with Gasteiger partial charge in [0, 0.05) is 12.7 Å². The van der Waals surface area contributed by atoms with Gasteiger partial charge < -0.3 is 5.11 Å². The minimum Gasteiger partial charge on any atom is -0.480 e. The summed E-state index contributed by atoms with van der Waals surface area (Å²) in [5.74, 6) is -1.88. The standard InChI is InChI=1S/C17H22N4O5S/c1-11-16(13(3)20(4)18-11)27(25,26)19-12(2)17(24)21(10-15(22)23)14-8-6-5-7-9-14/h5-9,12,19H,10H2,1-4H3,(H,22,23). The summed E-state index contributed by atoms with van der Waals surface area (Å²) in [6.45, 7) is 3.97. The highest BCUT2D eigenvalue weighted by Gasteiger charge is 2.31. The maximum atomic E-state index is 12.8. The number of nitrogens with zero attached hydrogens (tertiary/aromatic N) is 3. The molecule has 1 heterocycles. The summed E-state index contributed by atoms with van der Waals surface area (Å²) in [4.78, 5) is 25.0. The van der Waals surface area contributed by atoms with Gasteiger partial charge in [0.15, 0.2) is 0 Å². The van der Waals surface area contributed by atoms with Crippen molar-refractivity contribution < 1.29 is 23.1 Å². The first-order valence-electron chi connectivity index (χ1n) is 8.15. The van der Waals surface area contributed by atoms with Crippen LogP contribution in [0.2, 0.25) is 0 Å². The fourth-order valence-electron chi connectivity index (χ4n) is 2.76. The Morgan fingerprint density at radius 1 is 1.26 bits per heavy atom. The summed E-state index contributed by atoms with van der Waals surface area (Å²) in [7, 11) is -2.39. The van der Waals surface area contributed by atoms with Crippen LogP contribution < -0.4 is 9.62 Å². The van der Waals surface area contributed by atoms with E-state index in [9.17, 15) is 18.0 Å².